The van der Waals surface area contributed by atoms with E-state index in [0.717, 1.165) is 10.8 Å². The predicted molar refractivity (Wildman–Crippen MR) is 84.6 cm³/mol. The van der Waals surface area contributed by atoms with Crippen molar-refractivity contribution < 1.29 is 19.1 Å². The third-order valence-electron chi connectivity index (χ3n) is 3.12. The van der Waals surface area contributed by atoms with Gasteiger partial charge in [-0.2, -0.15) is 0 Å². The molecule has 0 aliphatic rings. The zero-order chi connectivity index (χ0) is 15.9. The van der Waals surface area contributed by atoms with E-state index in [4.69, 9.17) is 9.47 Å². The van der Waals surface area contributed by atoms with Crippen LogP contribution in [0.2, 0.25) is 0 Å². The molecule has 0 spiro atoms. The van der Waals surface area contributed by atoms with Crippen LogP contribution in [0.3, 0.4) is 0 Å². The lowest BCUT2D eigenvalue weighted by Crippen LogP contribution is -2.16. The number of rotatable bonds is 6. The van der Waals surface area contributed by atoms with Crippen molar-refractivity contribution in [3.63, 3.8) is 0 Å². The van der Waals surface area contributed by atoms with Crippen LogP contribution < -0.4 is 0 Å². The van der Waals surface area contributed by atoms with Gasteiger partial charge in [-0.25, -0.2) is 4.79 Å². The first-order valence-electron chi connectivity index (χ1n) is 7.19. The first-order chi connectivity index (χ1) is 10.7. The molecular formula is C18H18O4. The molecule has 2 rings (SSSR count). The highest BCUT2D eigenvalue weighted by atomic mass is 16.5. The molecular weight excluding hydrogens is 280 g/mol. The molecule has 114 valence electrons. The lowest BCUT2D eigenvalue weighted by atomic mass is 10.0. The molecule has 0 N–H and O–H groups in total. The second-order valence-corrected chi connectivity index (χ2v) is 4.60. The maximum Gasteiger partial charge on any atom is 0.345 e. The van der Waals surface area contributed by atoms with Crippen molar-refractivity contribution in [2.24, 2.45) is 0 Å². The van der Waals surface area contributed by atoms with Gasteiger partial charge in [0.05, 0.1) is 13.2 Å². The Bertz CT molecular complexity index is 716. The number of Topliss-reactive ketones (excluding diaryl/α,β-unsaturated/α-hetero) is 1. The molecule has 0 aliphatic carbocycles. The summed E-state index contributed by atoms with van der Waals surface area (Å²) in [6.07, 6.45) is 1.18. The lowest BCUT2D eigenvalue weighted by molar-refractivity contribution is -0.138. The van der Waals surface area contributed by atoms with Crippen LogP contribution in [0.4, 0.5) is 0 Å². The summed E-state index contributed by atoms with van der Waals surface area (Å²) in [6.45, 7) is 4.04. The van der Waals surface area contributed by atoms with E-state index in [-0.39, 0.29) is 12.2 Å². The molecule has 4 heteroatoms. The number of hydrogen-bond acceptors (Lipinski definition) is 4. The van der Waals surface area contributed by atoms with Crippen LogP contribution in [-0.2, 0) is 14.3 Å². The van der Waals surface area contributed by atoms with Gasteiger partial charge in [-0.1, -0.05) is 36.4 Å². The number of fused-ring (bicyclic) bond motifs is 1. The summed E-state index contributed by atoms with van der Waals surface area (Å²) < 4.78 is 10.0. The lowest BCUT2D eigenvalue weighted by Gasteiger charge is -2.07. The Morgan fingerprint density at radius 3 is 2.41 bits per heavy atom. The fourth-order valence-corrected chi connectivity index (χ4v) is 2.06. The molecule has 0 saturated carbocycles. The molecule has 0 bridgehead atoms. The minimum Gasteiger partial charge on any atom is -0.500 e. The van der Waals surface area contributed by atoms with Crippen molar-refractivity contribution in [1.29, 1.82) is 0 Å². The van der Waals surface area contributed by atoms with Crippen molar-refractivity contribution >= 4 is 22.5 Å². The molecule has 22 heavy (non-hydrogen) atoms. The van der Waals surface area contributed by atoms with Gasteiger partial charge in [-0.05, 0) is 30.7 Å². The summed E-state index contributed by atoms with van der Waals surface area (Å²) in [5, 5.41) is 1.97. The molecule has 0 aliphatic heterocycles. The largest absolute Gasteiger partial charge is 0.500 e. The number of ketones is 1. The number of carbonyl (C=O) groups excluding carboxylic acids is 2. The van der Waals surface area contributed by atoms with E-state index in [9.17, 15) is 9.59 Å². The molecule has 0 aromatic heterocycles. The van der Waals surface area contributed by atoms with Crippen molar-refractivity contribution in [3.8, 4) is 0 Å². The second kappa shape index (κ2) is 7.41. The normalized spacial score (nSPS) is 11.3. The van der Waals surface area contributed by atoms with Crippen LogP contribution in [0.1, 0.15) is 24.2 Å². The number of carbonyl (C=O) groups is 2. The van der Waals surface area contributed by atoms with Crippen LogP contribution in [0, 0.1) is 0 Å². The van der Waals surface area contributed by atoms with Gasteiger partial charge >= 0.3 is 5.97 Å². The molecule has 0 saturated heterocycles. The molecule has 2 aromatic rings. The third-order valence-corrected chi connectivity index (χ3v) is 3.12. The average molecular weight is 298 g/mol. The van der Waals surface area contributed by atoms with Gasteiger partial charge in [0.1, 0.15) is 11.8 Å². The van der Waals surface area contributed by atoms with Crippen molar-refractivity contribution in [1.82, 2.24) is 0 Å². The van der Waals surface area contributed by atoms with Crippen molar-refractivity contribution in [2.45, 2.75) is 13.8 Å². The standard InChI is InChI=1S/C18H18O4/c1-3-21-12-16(18(20)22-4-2)17(19)15-10-9-13-7-5-6-8-14(13)11-15/h5-12H,3-4H2,1-2H3/b16-12-. The van der Waals surface area contributed by atoms with Crippen molar-refractivity contribution in [3.05, 3.63) is 59.9 Å². The number of ether oxygens (including phenoxy) is 2. The quantitative estimate of drug-likeness (QED) is 0.204. The maximum atomic E-state index is 12.6. The number of hydrogen-bond donors (Lipinski definition) is 0. The Labute approximate surface area is 129 Å². The molecule has 0 radical (unpaired) electrons. The zero-order valence-electron chi connectivity index (χ0n) is 12.7. The summed E-state index contributed by atoms with van der Waals surface area (Å²) in [7, 11) is 0. The molecule has 4 nitrogen and oxygen atoms in total. The molecule has 0 heterocycles. The minimum absolute atomic E-state index is 0.0982. The van der Waals surface area contributed by atoms with E-state index in [1.807, 2.05) is 30.3 Å². The molecule has 0 amide bonds. The van der Waals surface area contributed by atoms with Gasteiger partial charge in [0.15, 0.2) is 0 Å². The molecule has 0 atom stereocenters. The zero-order valence-corrected chi connectivity index (χ0v) is 12.7. The Morgan fingerprint density at radius 1 is 1.00 bits per heavy atom. The van der Waals surface area contributed by atoms with E-state index in [1.165, 1.54) is 6.26 Å². The Hall–Kier alpha value is -2.62. The van der Waals surface area contributed by atoms with E-state index in [2.05, 4.69) is 0 Å². The summed E-state index contributed by atoms with van der Waals surface area (Å²) in [6, 6.07) is 13.0. The van der Waals surface area contributed by atoms with E-state index < -0.39 is 11.8 Å². The monoisotopic (exact) mass is 298 g/mol. The van der Waals surface area contributed by atoms with E-state index in [1.54, 1.807) is 26.0 Å². The topological polar surface area (TPSA) is 52.6 Å². The average Bonchev–Trinajstić information content (AvgIpc) is 2.54. The highest BCUT2D eigenvalue weighted by Crippen LogP contribution is 2.18. The van der Waals surface area contributed by atoms with E-state index >= 15 is 0 Å². The van der Waals surface area contributed by atoms with Crippen LogP contribution in [-0.4, -0.2) is 25.0 Å². The first-order valence-corrected chi connectivity index (χ1v) is 7.19. The van der Waals surface area contributed by atoms with Crippen LogP contribution in [0.15, 0.2) is 54.3 Å². The Kier molecular flexibility index (Phi) is 5.31. The third kappa shape index (κ3) is 3.52. The summed E-state index contributed by atoms with van der Waals surface area (Å²) >= 11 is 0. The summed E-state index contributed by atoms with van der Waals surface area (Å²) in [5.41, 5.74) is 0.330. The van der Waals surface area contributed by atoms with E-state index in [0.29, 0.717) is 12.2 Å². The predicted octanol–water partition coefficient (Wildman–Crippen LogP) is 3.51. The smallest absolute Gasteiger partial charge is 0.345 e. The molecule has 0 unspecified atom stereocenters. The maximum absolute atomic E-state index is 12.6. The van der Waals surface area contributed by atoms with Crippen LogP contribution >= 0.6 is 0 Å². The Morgan fingerprint density at radius 2 is 1.73 bits per heavy atom. The highest BCUT2D eigenvalue weighted by molar-refractivity contribution is 6.24. The van der Waals surface area contributed by atoms with Gasteiger partial charge in [0.25, 0.3) is 0 Å². The van der Waals surface area contributed by atoms with Gasteiger partial charge in [0, 0.05) is 5.56 Å². The van der Waals surface area contributed by atoms with Gasteiger partial charge < -0.3 is 9.47 Å². The first kappa shape index (κ1) is 15.8. The summed E-state index contributed by atoms with van der Waals surface area (Å²) in [4.78, 5) is 24.5. The Balaban J connectivity index is 2.37. The fraction of sp³-hybridized carbons (Fsp3) is 0.222. The second-order valence-electron chi connectivity index (χ2n) is 4.60. The highest BCUT2D eigenvalue weighted by Gasteiger charge is 2.22. The summed E-state index contributed by atoms with van der Waals surface area (Å²) in [5.74, 6) is -1.08. The minimum atomic E-state index is -0.672. The molecule has 2 aromatic carbocycles. The van der Waals surface area contributed by atoms with Crippen LogP contribution in [0.25, 0.3) is 10.8 Å². The number of esters is 1. The van der Waals surface area contributed by atoms with Crippen LogP contribution in [0.5, 0.6) is 0 Å². The van der Waals surface area contributed by atoms with Gasteiger partial charge in [-0.3, -0.25) is 4.79 Å². The fourth-order valence-electron chi connectivity index (χ4n) is 2.06. The van der Waals surface area contributed by atoms with Gasteiger partial charge in [-0.15, -0.1) is 0 Å². The number of benzene rings is 2. The van der Waals surface area contributed by atoms with Crippen molar-refractivity contribution in [2.75, 3.05) is 13.2 Å². The van der Waals surface area contributed by atoms with Gasteiger partial charge in [0.2, 0.25) is 5.78 Å². The SMILES string of the molecule is CCO/C=C(\C(=O)OCC)C(=O)c1ccc2ccccc2c1. The molecule has 0 fully saturated rings.